The van der Waals surface area contributed by atoms with E-state index in [9.17, 15) is 4.79 Å². The van der Waals surface area contributed by atoms with Crippen LogP contribution in [0.3, 0.4) is 0 Å². The van der Waals surface area contributed by atoms with Crippen LogP contribution in [0, 0.1) is 6.92 Å². The zero-order chi connectivity index (χ0) is 13.2. The minimum Gasteiger partial charge on any atom is -0.336 e. The van der Waals surface area contributed by atoms with Crippen LogP contribution in [0.25, 0.3) is 10.9 Å². The highest BCUT2D eigenvalue weighted by Gasteiger charge is 2.17. The number of rotatable bonds is 1. The number of amides is 1. The minimum absolute atomic E-state index is 0. The third-order valence-electron chi connectivity index (χ3n) is 3.48. The molecule has 1 saturated heterocycles. The van der Waals surface area contributed by atoms with Gasteiger partial charge in [0, 0.05) is 42.8 Å². The first-order valence-corrected chi connectivity index (χ1v) is 6.61. The quantitative estimate of drug-likeness (QED) is 0.874. The molecule has 3 rings (SSSR count). The maximum atomic E-state index is 12.4. The van der Waals surface area contributed by atoms with Gasteiger partial charge in [0.2, 0.25) is 0 Å². The van der Waals surface area contributed by atoms with Crippen molar-refractivity contribution >= 4 is 29.2 Å². The van der Waals surface area contributed by atoms with Crippen LogP contribution in [-0.4, -0.2) is 42.0 Å². The largest absolute Gasteiger partial charge is 0.336 e. The molecule has 0 unspecified atom stereocenters. The van der Waals surface area contributed by atoms with Gasteiger partial charge in [-0.05, 0) is 31.2 Å². The summed E-state index contributed by atoms with van der Waals surface area (Å²) in [6, 6.07) is 9.73. The van der Waals surface area contributed by atoms with E-state index in [4.69, 9.17) is 0 Å². The number of nitrogens with zero attached hydrogens (tertiary/aromatic N) is 2. The lowest BCUT2D eigenvalue weighted by Gasteiger charge is -2.27. The van der Waals surface area contributed by atoms with Crippen molar-refractivity contribution in [1.29, 1.82) is 0 Å². The van der Waals surface area contributed by atoms with E-state index >= 15 is 0 Å². The van der Waals surface area contributed by atoms with Gasteiger partial charge < -0.3 is 10.2 Å². The first kappa shape index (κ1) is 14.8. The highest BCUT2D eigenvalue weighted by atomic mass is 35.5. The van der Waals surface area contributed by atoms with Gasteiger partial charge >= 0.3 is 0 Å². The summed E-state index contributed by atoms with van der Waals surface area (Å²) < 4.78 is 0. The Morgan fingerprint density at radius 1 is 1.20 bits per heavy atom. The van der Waals surface area contributed by atoms with Crippen LogP contribution < -0.4 is 5.32 Å². The van der Waals surface area contributed by atoms with Crippen molar-refractivity contribution < 1.29 is 4.79 Å². The Balaban J connectivity index is 0.00000147. The summed E-state index contributed by atoms with van der Waals surface area (Å²) in [6.07, 6.45) is 0. The number of fused-ring (bicyclic) bond motifs is 1. The zero-order valence-electron chi connectivity index (χ0n) is 11.4. The summed E-state index contributed by atoms with van der Waals surface area (Å²) in [6.45, 7) is 5.28. The van der Waals surface area contributed by atoms with Crippen molar-refractivity contribution in [3.05, 3.63) is 41.6 Å². The SMILES string of the molecule is Cc1ccc2cc(C(=O)N3CCNCC3)ccc2n1.Cl. The van der Waals surface area contributed by atoms with Crippen LogP contribution in [0.4, 0.5) is 0 Å². The molecular formula is C15H18ClN3O. The fourth-order valence-electron chi connectivity index (χ4n) is 2.41. The van der Waals surface area contributed by atoms with Gasteiger partial charge in [0.15, 0.2) is 0 Å². The van der Waals surface area contributed by atoms with E-state index in [1.165, 1.54) is 0 Å². The van der Waals surface area contributed by atoms with E-state index in [0.29, 0.717) is 0 Å². The molecule has 1 aliphatic rings. The van der Waals surface area contributed by atoms with Gasteiger partial charge in [0.25, 0.3) is 5.91 Å². The lowest BCUT2D eigenvalue weighted by Crippen LogP contribution is -2.46. The number of carbonyl (C=O) groups excluding carboxylic acids is 1. The number of pyridine rings is 1. The van der Waals surface area contributed by atoms with Crippen molar-refractivity contribution in [2.24, 2.45) is 0 Å². The molecule has 1 aromatic heterocycles. The number of carbonyl (C=O) groups is 1. The Labute approximate surface area is 124 Å². The third-order valence-corrected chi connectivity index (χ3v) is 3.48. The molecule has 106 valence electrons. The Morgan fingerprint density at radius 3 is 2.70 bits per heavy atom. The second-order valence-corrected chi connectivity index (χ2v) is 4.90. The van der Waals surface area contributed by atoms with Crippen molar-refractivity contribution in [3.8, 4) is 0 Å². The highest BCUT2D eigenvalue weighted by molar-refractivity contribution is 5.98. The lowest BCUT2D eigenvalue weighted by molar-refractivity contribution is 0.0736. The zero-order valence-corrected chi connectivity index (χ0v) is 12.2. The van der Waals surface area contributed by atoms with Crippen LogP contribution in [0.1, 0.15) is 16.1 Å². The van der Waals surface area contributed by atoms with Gasteiger partial charge in [-0.1, -0.05) is 6.07 Å². The lowest BCUT2D eigenvalue weighted by atomic mass is 10.1. The van der Waals surface area contributed by atoms with E-state index < -0.39 is 0 Å². The van der Waals surface area contributed by atoms with Crippen molar-refractivity contribution in [3.63, 3.8) is 0 Å². The number of piperazine rings is 1. The molecule has 0 radical (unpaired) electrons. The first-order chi connectivity index (χ1) is 9.24. The van der Waals surface area contributed by atoms with Gasteiger partial charge in [0.05, 0.1) is 5.52 Å². The standard InChI is InChI=1S/C15H17N3O.ClH/c1-11-2-3-12-10-13(4-5-14(12)17-11)15(19)18-8-6-16-7-9-18;/h2-5,10,16H,6-9H2,1H3;1H. The van der Waals surface area contributed by atoms with E-state index in [1.54, 1.807) is 0 Å². The van der Waals surface area contributed by atoms with E-state index in [2.05, 4.69) is 10.3 Å². The van der Waals surface area contributed by atoms with E-state index in [1.807, 2.05) is 42.2 Å². The molecule has 0 aliphatic carbocycles. The molecular weight excluding hydrogens is 274 g/mol. The summed E-state index contributed by atoms with van der Waals surface area (Å²) in [5, 5.41) is 4.27. The number of aromatic nitrogens is 1. The van der Waals surface area contributed by atoms with Crippen molar-refractivity contribution in [1.82, 2.24) is 15.2 Å². The van der Waals surface area contributed by atoms with Gasteiger partial charge in [-0.3, -0.25) is 9.78 Å². The fraction of sp³-hybridized carbons (Fsp3) is 0.333. The normalized spacial score (nSPS) is 14.9. The van der Waals surface area contributed by atoms with E-state index in [0.717, 1.165) is 48.3 Å². The number of halogens is 1. The van der Waals surface area contributed by atoms with E-state index in [-0.39, 0.29) is 18.3 Å². The maximum absolute atomic E-state index is 12.4. The van der Waals surface area contributed by atoms with Crippen LogP contribution in [-0.2, 0) is 0 Å². The number of benzene rings is 1. The van der Waals surface area contributed by atoms with Gasteiger partial charge in [-0.15, -0.1) is 12.4 Å². The summed E-state index contributed by atoms with van der Waals surface area (Å²) in [7, 11) is 0. The number of hydrogen-bond donors (Lipinski definition) is 1. The van der Waals surface area contributed by atoms with Crippen LogP contribution in [0.15, 0.2) is 30.3 Å². The molecule has 2 aromatic rings. The van der Waals surface area contributed by atoms with Crippen molar-refractivity contribution in [2.75, 3.05) is 26.2 Å². The molecule has 20 heavy (non-hydrogen) atoms. The van der Waals surface area contributed by atoms with Gasteiger partial charge in [-0.25, -0.2) is 0 Å². The second kappa shape index (κ2) is 6.20. The molecule has 1 aromatic carbocycles. The smallest absolute Gasteiger partial charge is 0.253 e. The predicted octanol–water partition coefficient (Wildman–Crippen LogP) is 2.01. The summed E-state index contributed by atoms with van der Waals surface area (Å²) >= 11 is 0. The molecule has 4 nitrogen and oxygen atoms in total. The number of nitrogens with one attached hydrogen (secondary N) is 1. The Kier molecular flexibility index (Phi) is 4.57. The minimum atomic E-state index is 0. The second-order valence-electron chi connectivity index (χ2n) is 4.90. The molecule has 0 saturated carbocycles. The molecule has 1 fully saturated rings. The molecule has 0 bridgehead atoms. The van der Waals surface area contributed by atoms with Gasteiger partial charge in [-0.2, -0.15) is 0 Å². The van der Waals surface area contributed by atoms with Gasteiger partial charge in [0.1, 0.15) is 0 Å². The fourth-order valence-corrected chi connectivity index (χ4v) is 2.41. The molecule has 2 heterocycles. The van der Waals surface area contributed by atoms with Crippen LogP contribution in [0.5, 0.6) is 0 Å². The molecule has 0 atom stereocenters. The average Bonchev–Trinajstić information content (AvgIpc) is 2.47. The average molecular weight is 292 g/mol. The number of hydrogen-bond acceptors (Lipinski definition) is 3. The molecule has 1 amide bonds. The first-order valence-electron chi connectivity index (χ1n) is 6.61. The summed E-state index contributed by atoms with van der Waals surface area (Å²) in [4.78, 5) is 18.7. The topological polar surface area (TPSA) is 45.2 Å². The Bertz CT molecular complexity index is 624. The van der Waals surface area contributed by atoms with Crippen LogP contribution in [0.2, 0.25) is 0 Å². The Hall–Kier alpha value is -1.65. The molecule has 0 spiro atoms. The van der Waals surface area contributed by atoms with Crippen LogP contribution >= 0.6 is 12.4 Å². The predicted molar refractivity (Wildman–Crippen MR) is 82.5 cm³/mol. The third kappa shape index (κ3) is 2.92. The van der Waals surface area contributed by atoms with Crippen molar-refractivity contribution in [2.45, 2.75) is 6.92 Å². The number of aryl methyl sites for hydroxylation is 1. The monoisotopic (exact) mass is 291 g/mol. The molecule has 1 aliphatic heterocycles. The summed E-state index contributed by atoms with van der Waals surface area (Å²) in [5.74, 6) is 0.115. The highest BCUT2D eigenvalue weighted by Crippen LogP contribution is 2.16. The molecule has 5 heteroatoms. The maximum Gasteiger partial charge on any atom is 0.253 e. The summed E-state index contributed by atoms with van der Waals surface area (Å²) in [5.41, 5.74) is 2.69. The molecule has 1 N–H and O–H groups in total. The Morgan fingerprint density at radius 2 is 1.95 bits per heavy atom.